The molecule has 0 radical (unpaired) electrons. The van der Waals surface area contributed by atoms with E-state index in [1.807, 2.05) is 19.9 Å². The lowest BCUT2D eigenvalue weighted by atomic mass is 10.0. The second kappa shape index (κ2) is 10.1. The van der Waals surface area contributed by atoms with Crippen molar-refractivity contribution in [3.63, 3.8) is 0 Å². The van der Waals surface area contributed by atoms with Crippen LogP contribution in [0.4, 0.5) is 0 Å². The van der Waals surface area contributed by atoms with Gasteiger partial charge in [-0.15, -0.1) is 0 Å². The third kappa shape index (κ3) is 5.43. The van der Waals surface area contributed by atoms with E-state index in [1.165, 1.54) is 15.1 Å². The molecule has 2 atom stereocenters. The number of sulfonamides is 1. The minimum absolute atomic E-state index is 0.0192. The van der Waals surface area contributed by atoms with Gasteiger partial charge < -0.3 is 18.5 Å². The first-order chi connectivity index (χ1) is 16.6. The van der Waals surface area contributed by atoms with Crippen LogP contribution in [0.1, 0.15) is 19.6 Å². The quantitative estimate of drug-likeness (QED) is 0.459. The van der Waals surface area contributed by atoms with Crippen LogP contribution in [0.5, 0.6) is 5.88 Å². The second-order valence-corrected chi connectivity index (χ2v) is 11.0. The summed E-state index contributed by atoms with van der Waals surface area (Å²) in [6.07, 6.45) is 4.47. The maximum Gasteiger partial charge on any atom is 0.262 e. The number of aromatic nitrogens is 2. The molecule has 3 aromatic rings. The predicted molar refractivity (Wildman–Crippen MR) is 133 cm³/mol. The molecule has 4 heterocycles. The molecule has 3 aromatic heterocycles. The number of ether oxygens (including phenoxy) is 2. The molecule has 0 bridgehead atoms. The van der Waals surface area contributed by atoms with Crippen LogP contribution in [0.25, 0.3) is 22.1 Å². The lowest BCUT2D eigenvalue weighted by Gasteiger charge is -2.38. The van der Waals surface area contributed by atoms with Gasteiger partial charge in [0.25, 0.3) is 5.56 Å². The molecule has 4 rings (SSSR count). The van der Waals surface area contributed by atoms with Crippen LogP contribution in [-0.4, -0.2) is 78.9 Å². The normalized spacial score (nSPS) is 18.7. The Bertz CT molecular complexity index is 1370. The molecule has 1 fully saturated rings. The fraction of sp³-hybridized carbons (Fsp3) is 0.500. The molecule has 1 saturated heterocycles. The van der Waals surface area contributed by atoms with Crippen LogP contribution in [0.2, 0.25) is 0 Å². The molecule has 0 N–H and O–H groups in total. The molecular weight excluding hydrogens is 472 g/mol. The number of pyridine rings is 2. The summed E-state index contributed by atoms with van der Waals surface area (Å²) in [4.78, 5) is 19.6. The fourth-order valence-corrected chi connectivity index (χ4v) is 5.16. The zero-order chi connectivity index (χ0) is 25.3. The molecule has 10 nitrogen and oxygen atoms in total. The highest BCUT2D eigenvalue weighted by Crippen LogP contribution is 2.35. The largest absolute Gasteiger partial charge is 0.475 e. The van der Waals surface area contributed by atoms with E-state index in [0.717, 1.165) is 5.56 Å². The first-order valence-corrected chi connectivity index (χ1v) is 13.4. The van der Waals surface area contributed by atoms with Crippen LogP contribution in [0.3, 0.4) is 0 Å². The van der Waals surface area contributed by atoms with Gasteiger partial charge in [0, 0.05) is 63.9 Å². The molecule has 1 aliphatic heterocycles. The van der Waals surface area contributed by atoms with Crippen LogP contribution < -0.4 is 10.3 Å². The van der Waals surface area contributed by atoms with Crippen molar-refractivity contribution < 1.29 is 22.3 Å². The van der Waals surface area contributed by atoms with E-state index < -0.39 is 10.0 Å². The molecule has 0 amide bonds. The SMILES string of the molecule is COC(C)COc1cc(-c2c(CN3CCN(S(C)(=O)=O)C[C@H]3C)oc3ccn(C)c(=O)c23)ccn1. The van der Waals surface area contributed by atoms with E-state index in [2.05, 4.69) is 9.88 Å². The van der Waals surface area contributed by atoms with Crippen molar-refractivity contribution in [2.24, 2.45) is 7.05 Å². The minimum Gasteiger partial charge on any atom is -0.475 e. The van der Waals surface area contributed by atoms with Crippen molar-refractivity contribution in [1.82, 2.24) is 18.8 Å². The van der Waals surface area contributed by atoms with Gasteiger partial charge >= 0.3 is 0 Å². The maximum atomic E-state index is 13.1. The average Bonchev–Trinajstić information content (AvgIpc) is 3.19. The van der Waals surface area contributed by atoms with E-state index in [-0.39, 0.29) is 17.7 Å². The number of furan rings is 1. The van der Waals surface area contributed by atoms with Crippen molar-refractivity contribution >= 4 is 21.0 Å². The monoisotopic (exact) mass is 504 g/mol. The second-order valence-electron chi connectivity index (χ2n) is 9.05. The van der Waals surface area contributed by atoms with E-state index in [9.17, 15) is 13.2 Å². The summed E-state index contributed by atoms with van der Waals surface area (Å²) >= 11 is 0. The highest BCUT2D eigenvalue weighted by Gasteiger charge is 2.31. The number of nitrogens with zero attached hydrogens (tertiary/aromatic N) is 4. The Balaban J connectivity index is 1.72. The van der Waals surface area contributed by atoms with Crippen LogP contribution in [0, 0.1) is 0 Å². The van der Waals surface area contributed by atoms with Gasteiger partial charge in [-0.3, -0.25) is 9.69 Å². The molecule has 1 unspecified atom stereocenters. The Morgan fingerprint density at radius 3 is 2.74 bits per heavy atom. The zero-order valence-corrected chi connectivity index (χ0v) is 21.5. The summed E-state index contributed by atoms with van der Waals surface area (Å²) in [5.41, 5.74) is 1.81. The fourth-order valence-electron chi connectivity index (χ4n) is 4.26. The van der Waals surface area contributed by atoms with Crippen LogP contribution in [-0.2, 0) is 28.4 Å². The Morgan fingerprint density at radius 1 is 1.29 bits per heavy atom. The number of methoxy groups -OCH3 is 1. The number of rotatable bonds is 8. The molecule has 0 aromatic carbocycles. The summed E-state index contributed by atoms with van der Waals surface area (Å²) in [5, 5.41) is 0.495. The first-order valence-electron chi connectivity index (χ1n) is 11.5. The van der Waals surface area contributed by atoms with E-state index in [4.69, 9.17) is 13.9 Å². The average molecular weight is 505 g/mol. The summed E-state index contributed by atoms with van der Waals surface area (Å²) in [7, 11) is 0.0794. The molecule has 0 aliphatic carbocycles. The van der Waals surface area contributed by atoms with Gasteiger partial charge in [-0.05, 0) is 31.5 Å². The lowest BCUT2D eigenvalue weighted by molar-refractivity contribution is 0.0699. The van der Waals surface area contributed by atoms with Crippen molar-refractivity contribution in [1.29, 1.82) is 0 Å². The Hall–Kier alpha value is -2.73. The number of piperazine rings is 1. The summed E-state index contributed by atoms with van der Waals surface area (Å²) < 4.78 is 44.3. The van der Waals surface area contributed by atoms with Crippen LogP contribution in [0.15, 0.2) is 39.8 Å². The van der Waals surface area contributed by atoms with Gasteiger partial charge in [0.1, 0.15) is 18.0 Å². The molecule has 190 valence electrons. The van der Waals surface area contributed by atoms with Gasteiger partial charge in [0.15, 0.2) is 0 Å². The van der Waals surface area contributed by atoms with Crippen LogP contribution >= 0.6 is 0 Å². The highest BCUT2D eigenvalue weighted by molar-refractivity contribution is 7.88. The minimum atomic E-state index is -3.25. The van der Waals surface area contributed by atoms with Crippen molar-refractivity contribution in [2.75, 3.05) is 39.6 Å². The molecule has 11 heteroatoms. The van der Waals surface area contributed by atoms with Crippen molar-refractivity contribution in [3.05, 3.63) is 46.7 Å². The van der Waals surface area contributed by atoms with E-state index in [0.29, 0.717) is 61.0 Å². The van der Waals surface area contributed by atoms with Gasteiger partial charge in [0.2, 0.25) is 15.9 Å². The molecule has 1 aliphatic rings. The third-order valence-corrected chi connectivity index (χ3v) is 7.70. The Morgan fingerprint density at radius 2 is 2.06 bits per heavy atom. The van der Waals surface area contributed by atoms with E-state index >= 15 is 0 Å². The molecule has 0 spiro atoms. The molecule has 35 heavy (non-hydrogen) atoms. The summed E-state index contributed by atoms with van der Waals surface area (Å²) in [6, 6.07) is 5.40. The number of aryl methyl sites for hydroxylation is 1. The van der Waals surface area contributed by atoms with Gasteiger partial charge in [-0.25, -0.2) is 13.4 Å². The topological polar surface area (TPSA) is 107 Å². The maximum absolute atomic E-state index is 13.1. The Kier molecular flexibility index (Phi) is 7.32. The third-order valence-electron chi connectivity index (χ3n) is 6.43. The lowest BCUT2D eigenvalue weighted by Crippen LogP contribution is -2.52. The zero-order valence-electron chi connectivity index (χ0n) is 20.7. The smallest absolute Gasteiger partial charge is 0.262 e. The van der Waals surface area contributed by atoms with Gasteiger partial charge in [0.05, 0.1) is 24.3 Å². The predicted octanol–water partition coefficient (Wildman–Crippen LogP) is 2.07. The van der Waals surface area contributed by atoms with Gasteiger partial charge in [-0.2, -0.15) is 4.31 Å². The van der Waals surface area contributed by atoms with Gasteiger partial charge in [-0.1, -0.05) is 0 Å². The Labute approximate surface area is 205 Å². The van der Waals surface area contributed by atoms with Crippen molar-refractivity contribution in [3.8, 4) is 17.0 Å². The number of hydrogen-bond acceptors (Lipinski definition) is 8. The summed E-state index contributed by atoms with van der Waals surface area (Å²) in [6.45, 7) is 6.05. The van der Waals surface area contributed by atoms with E-state index in [1.54, 1.807) is 38.7 Å². The standard InChI is InChI=1S/C24H32N4O6S/c1-16-13-28(35(5,30)31)11-10-27(16)14-20-22(23-19(34-20)7-9-26(3)24(23)29)18-6-8-25-21(12-18)33-15-17(2)32-4/h6-9,12,16-17H,10-11,13-15H2,1-5H3/t16-,17?/m1/s1. The number of fused-ring (bicyclic) bond motifs is 1. The van der Waals surface area contributed by atoms with Crippen molar-refractivity contribution in [2.45, 2.75) is 32.5 Å². The highest BCUT2D eigenvalue weighted by atomic mass is 32.2. The number of hydrogen-bond donors (Lipinski definition) is 0. The molecular formula is C24H32N4O6S. The molecule has 0 saturated carbocycles. The summed E-state index contributed by atoms with van der Waals surface area (Å²) in [5.74, 6) is 1.07. The first kappa shape index (κ1) is 25.4.